The molecule has 0 saturated carbocycles. The van der Waals surface area contributed by atoms with Crippen LogP contribution >= 0.6 is 0 Å². The van der Waals surface area contributed by atoms with Gasteiger partial charge in [-0.25, -0.2) is 0 Å². The Morgan fingerprint density at radius 3 is 2.82 bits per heavy atom. The van der Waals surface area contributed by atoms with Crippen LogP contribution in [0.2, 0.25) is 0 Å². The van der Waals surface area contributed by atoms with Gasteiger partial charge in [-0.2, -0.15) is 0 Å². The smallest absolute Gasteiger partial charge is 0.311 e. The molecule has 11 heavy (non-hydrogen) atoms. The normalized spacial score (nSPS) is 10.5. The molecule has 0 unspecified atom stereocenters. The third-order valence-corrected chi connectivity index (χ3v) is 1.51. The second-order valence-corrected chi connectivity index (χ2v) is 2.22. The lowest BCUT2D eigenvalue weighted by Crippen LogP contribution is -2.21. The summed E-state index contributed by atoms with van der Waals surface area (Å²) in [6, 6.07) is 6.91. The zero-order valence-electron chi connectivity index (χ0n) is 5.65. The third-order valence-electron chi connectivity index (χ3n) is 1.51. The van der Waals surface area contributed by atoms with Crippen molar-refractivity contribution < 1.29 is 4.52 Å². The molecule has 0 radical (unpaired) electrons. The van der Waals surface area contributed by atoms with Crippen molar-refractivity contribution >= 4 is 11.0 Å². The number of rotatable bonds is 0. The van der Waals surface area contributed by atoms with Gasteiger partial charge in [-0.3, -0.25) is 4.79 Å². The molecule has 1 aromatic heterocycles. The second-order valence-electron chi connectivity index (χ2n) is 2.22. The summed E-state index contributed by atoms with van der Waals surface area (Å²) in [5.41, 5.74) is 0.209. The standard InChI is InChI=1S/C7H6N2O2/c8-9-7(10)5-3-1-2-4-6(5)11-9/h1-4H,8H2. The van der Waals surface area contributed by atoms with Crippen molar-refractivity contribution in [2.45, 2.75) is 0 Å². The maximum atomic E-state index is 11.1. The maximum Gasteiger partial charge on any atom is 0.311 e. The predicted octanol–water partition coefficient (Wildman–Crippen LogP) is 0.308. The van der Waals surface area contributed by atoms with Crippen molar-refractivity contribution in [3.05, 3.63) is 34.6 Å². The molecular weight excluding hydrogens is 144 g/mol. The fourth-order valence-corrected chi connectivity index (χ4v) is 0.989. The number of para-hydroxylation sites is 1. The van der Waals surface area contributed by atoms with Gasteiger partial charge in [0.25, 0.3) is 0 Å². The zero-order valence-corrected chi connectivity index (χ0v) is 5.65. The zero-order chi connectivity index (χ0) is 7.84. The van der Waals surface area contributed by atoms with E-state index in [1.165, 1.54) is 0 Å². The van der Waals surface area contributed by atoms with E-state index in [-0.39, 0.29) is 5.56 Å². The first-order chi connectivity index (χ1) is 5.29. The summed E-state index contributed by atoms with van der Waals surface area (Å²) in [6.45, 7) is 0. The Bertz CT molecular complexity index is 441. The number of nitrogens with two attached hydrogens (primary N) is 1. The Morgan fingerprint density at radius 2 is 2.09 bits per heavy atom. The molecule has 0 atom stereocenters. The number of nitrogens with zero attached hydrogens (tertiary/aromatic N) is 1. The molecule has 1 aromatic carbocycles. The first kappa shape index (κ1) is 6.03. The van der Waals surface area contributed by atoms with Crippen molar-refractivity contribution in [3.63, 3.8) is 0 Å². The largest absolute Gasteiger partial charge is 0.356 e. The van der Waals surface area contributed by atoms with Crippen LogP contribution in [0.5, 0.6) is 0 Å². The van der Waals surface area contributed by atoms with E-state index in [2.05, 4.69) is 0 Å². The Kier molecular flexibility index (Phi) is 1.03. The number of hydrogen-bond donors (Lipinski definition) is 1. The lowest BCUT2D eigenvalue weighted by Gasteiger charge is -1.81. The minimum Gasteiger partial charge on any atom is -0.356 e. The van der Waals surface area contributed by atoms with Gasteiger partial charge in [-0.15, -0.1) is 0 Å². The van der Waals surface area contributed by atoms with Gasteiger partial charge in [0.1, 0.15) is 0 Å². The quantitative estimate of drug-likeness (QED) is 0.549. The maximum absolute atomic E-state index is 11.1. The molecule has 0 aliphatic heterocycles. The number of benzene rings is 1. The molecule has 2 N–H and O–H groups in total. The molecule has 0 fully saturated rings. The van der Waals surface area contributed by atoms with Crippen molar-refractivity contribution in [1.29, 1.82) is 0 Å². The van der Waals surface area contributed by atoms with E-state index >= 15 is 0 Å². The predicted molar refractivity (Wildman–Crippen MR) is 40.6 cm³/mol. The highest BCUT2D eigenvalue weighted by Crippen LogP contribution is 2.07. The van der Waals surface area contributed by atoms with Crippen molar-refractivity contribution in [2.75, 3.05) is 5.84 Å². The summed E-state index contributed by atoms with van der Waals surface area (Å²) in [5.74, 6) is 5.19. The number of nitrogen functional groups attached to an aromatic ring is 1. The highest BCUT2D eigenvalue weighted by molar-refractivity contribution is 5.75. The number of hydrogen-bond acceptors (Lipinski definition) is 3. The Morgan fingerprint density at radius 1 is 1.36 bits per heavy atom. The van der Waals surface area contributed by atoms with E-state index < -0.39 is 0 Å². The molecule has 1 heterocycles. The van der Waals surface area contributed by atoms with Gasteiger partial charge in [-0.1, -0.05) is 17.0 Å². The van der Waals surface area contributed by atoms with Crippen LogP contribution < -0.4 is 11.4 Å². The molecule has 4 heteroatoms. The monoisotopic (exact) mass is 150 g/mol. The molecule has 0 spiro atoms. The van der Waals surface area contributed by atoms with Crippen LogP contribution in [0.4, 0.5) is 0 Å². The van der Waals surface area contributed by atoms with Crippen LogP contribution in [0.1, 0.15) is 0 Å². The highest BCUT2D eigenvalue weighted by Gasteiger charge is 2.03. The lowest BCUT2D eigenvalue weighted by atomic mass is 10.3. The summed E-state index contributed by atoms with van der Waals surface area (Å²) < 4.78 is 4.88. The van der Waals surface area contributed by atoms with Gasteiger partial charge in [0.15, 0.2) is 5.58 Å². The Labute approximate surface area is 61.8 Å². The van der Waals surface area contributed by atoms with Gasteiger partial charge < -0.3 is 10.4 Å². The molecule has 56 valence electrons. The van der Waals surface area contributed by atoms with Crippen LogP contribution in [-0.4, -0.2) is 4.85 Å². The minimum absolute atomic E-state index is 0.305. The number of fused-ring (bicyclic) bond motifs is 1. The van der Waals surface area contributed by atoms with E-state index in [0.717, 1.165) is 4.85 Å². The Hall–Kier alpha value is -1.71. The molecule has 0 aliphatic rings. The summed E-state index contributed by atoms with van der Waals surface area (Å²) >= 11 is 0. The first-order valence-corrected chi connectivity index (χ1v) is 3.15. The molecule has 0 saturated heterocycles. The van der Waals surface area contributed by atoms with Crippen molar-refractivity contribution in [1.82, 2.24) is 4.85 Å². The van der Waals surface area contributed by atoms with Gasteiger partial charge in [0.2, 0.25) is 0 Å². The topological polar surface area (TPSA) is 61.2 Å². The van der Waals surface area contributed by atoms with Crippen LogP contribution in [0, 0.1) is 0 Å². The highest BCUT2D eigenvalue weighted by atomic mass is 16.5. The van der Waals surface area contributed by atoms with Gasteiger partial charge in [-0.05, 0) is 12.1 Å². The summed E-state index contributed by atoms with van der Waals surface area (Å²) in [5, 5.41) is 0.509. The molecule has 0 bridgehead atoms. The third kappa shape index (κ3) is 0.724. The van der Waals surface area contributed by atoms with E-state index in [0.29, 0.717) is 11.0 Å². The number of aromatic nitrogens is 1. The van der Waals surface area contributed by atoms with Crippen LogP contribution in [0.3, 0.4) is 0 Å². The van der Waals surface area contributed by atoms with E-state index in [1.54, 1.807) is 24.3 Å². The van der Waals surface area contributed by atoms with Crippen LogP contribution in [0.25, 0.3) is 11.0 Å². The van der Waals surface area contributed by atoms with E-state index in [1.807, 2.05) is 0 Å². The summed E-state index contributed by atoms with van der Waals surface area (Å²) in [6.07, 6.45) is 0. The van der Waals surface area contributed by atoms with Crippen molar-refractivity contribution in [3.8, 4) is 0 Å². The lowest BCUT2D eigenvalue weighted by molar-refractivity contribution is 0.347. The SMILES string of the molecule is Nn1oc2ccccc2c1=O. The molecule has 2 rings (SSSR count). The minimum atomic E-state index is -0.305. The molecular formula is C7H6N2O2. The average molecular weight is 150 g/mol. The molecule has 0 amide bonds. The second kappa shape index (κ2) is 1.88. The van der Waals surface area contributed by atoms with Gasteiger partial charge in [0, 0.05) is 0 Å². The Balaban J connectivity index is 3.04. The molecule has 0 aliphatic carbocycles. The van der Waals surface area contributed by atoms with Gasteiger partial charge >= 0.3 is 5.56 Å². The average Bonchev–Trinajstić information content (AvgIpc) is 2.30. The molecule has 4 nitrogen and oxygen atoms in total. The van der Waals surface area contributed by atoms with Crippen LogP contribution in [-0.2, 0) is 0 Å². The van der Waals surface area contributed by atoms with E-state index in [4.69, 9.17) is 10.4 Å². The summed E-state index contributed by atoms with van der Waals surface area (Å²) in [4.78, 5) is 11.8. The first-order valence-electron chi connectivity index (χ1n) is 3.15. The fourth-order valence-electron chi connectivity index (χ4n) is 0.989. The van der Waals surface area contributed by atoms with Crippen LogP contribution in [0.15, 0.2) is 33.6 Å². The van der Waals surface area contributed by atoms with E-state index in [9.17, 15) is 4.79 Å². The van der Waals surface area contributed by atoms with Crippen molar-refractivity contribution in [2.24, 2.45) is 0 Å². The van der Waals surface area contributed by atoms with Gasteiger partial charge in [0.05, 0.1) is 5.39 Å². The summed E-state index contributed by atoms with van der Waals surface area (Å²) in [7, 11) is 0. The molecule has 2 aromatic rings. The fraction of sp³-hybridized carbons (Fsp3) is 0.